The summed E-state index contributed by atoms with van der Waals surface area (Å²) in [6.07, 6.45) is 1.96. The number of nitrogens with zero attached hydrogens (tertiary/aromatic N) is 2. The lowest BCUT2D eigenvalue weighted by atomic mass is 10.0. The molecule has 2 aliphatic rings. The lowest BCUT2D eigenvalue weighted by Crippen LogP contribution is -2.45. The van der Waals surface area contributed by atoms with E-state index in [9.17, 15) is 9.18 Å². The molecule has 1 aromatic rings. The van der Waals surface area contributed by atoms with Gasteiger partial charge in [0.2, 0.25) is 0 Å². The Hall–Kier alpha value is -1.82. The van der Waals surface area contributed by atoms with E-state index in [-0.39, 0.29) is 17.6 Å². The van der Waals surface area contributed by atoms with Gasteiger partial charge in [-0.1, -0.05) is 6.07 Å². The number of carbonyl (C=O) groups excluding carboxylic acids is 1. The van der Waals surface area contributed by atoms with Crippen molar-refractivity contribution in [2.75, 3.05) is 33.3 Å². The molecule has 2 fully saturated rings. The second-order valence-corrected chi connectivity index (χ2v) is 5.90. The molecule has 1 N–H and O–H groups in total. The molecular formula is C16H22FN3O2. The van der Waals surface area contributed by atoms with E-state index >= 15 is 0 Å². The molecule has 5 nitrogen and oxygen atoms in total. The van der Waals surface area contributed by atoms with Gasteiger partial charge in [-0.25, -0.2) is 9.18 Å². The summed E-state index contributed by atoms with van der Waals surface area (Å²) in [6, 6.07) is 5.52. The average Bonchev–Trinajstić information content (AvgIpc) is 2.94. The minimum Gasteiger partial charge on any atom is -0.494 e. The number of nitrogens with one attached hydrogen (secondary N) is 1. The summed E-state index contributed by atoms with van der Waals surface area (Å²) in [5.41, 5.74) is 0.954. The van der Waals surface area contributed by atoms with Crippen molar-refractivity contribution >= 4 is 6.03 Å². The molecule has 120 valence electrons. The second-order valence-electron chi connectivity index (χ2n) is 5.90. The van der Waals surface area contributed by atoms with E-state index in [1.807, 2.05) is 11.0 Å². The number of rotatable bonds is 4. The maximum absolute atomic E-state index is 13.7. The van der Waals surface area contributed by atoms with Crippen LogP contribution in [0.4, 0.5) is 9.18 Å². The van der Waals surface area contributed by atoms with Gasteiger partial charge < -0.3 is 15.0 Å². The van der Waals surface area contributed by atoms with Crippen molar-refractivity contribution in [2.24, 2.45) is 0 Å². The number of ether oxygens (including phenoxy) is 1. The summed E-state index contributed by atoms with van der Waals surface area (Å²) in [6.45, 7) is 4.17. The third-order valence-electron chi connectivity index (χ3n) is 4.51. The van der Waals surface area contributed by atoms with Crippen LogP contribution in [0.25, 0.3) is 0 Å². The molecule has 0 spiro atoms. The quantitative estimate of drug-likeness (QED) is 0.923. The van der Waals surface area contributed by atoms with Gasteiger partial charge in [-0.3, -0.25) is 4.90 Å². The first-order valence-corrected chi connectivity index (χ1v) is 7.76. The van der Waals surface area contributed by atoms with Gasteiger partial charge in [0.1, 0.15) is 0 Å². The fourth-order valence-corrected chi connectivity index (χ4v) is 3.29. The molecule has 3 rings (SSSR count). The third kappa shape index (κ3) is 3.16. The van der Waals surface area contributed by atoms with Crippen LogP contribution in [0.5, 0.6) is 5.75 Å². The first-order chi connectivity index (χ1) is 10.7. The topological polar surface area (TPSA) is 44.8 Å². The maximum Gasteiger partial charge on any atom is 0.317 e. The Morgan fingerprint density at radius 3 is 2.68 bits per heavy atom. The Labute approximate surface area is 130 Å². The van der Waals surface area contributed by atoms with Crippen molar-refractivity contribution in [2.45, 2.75) is 25.4 Å². The molecule has 2 saturated heterocycles. The van der Waals surface area contributed by atoms with Crippen LogP contribution >= 0.6 is 0 Å². The van der Waals surface area contributed by atoms with Crippen LogP contribution in [0.1, 0.15) is 18.4 Å². The van der Waals surface area contributed by atoms with E-state index in [1.54, 1.807) is 12.1 Å². The molecule has 6 heteroatoms. The van der Waals surface area contributed by atoms with Crippen LogP contribution in [-0.2, 0) is 6.54 Å². The molecule has 0 atom stereocenters. The summed E-state index contributed by atoms with van der Waals surface area (Å²) < 4.78 is 18.7. The van der Waals surface area contributed by atoms with Gasteiger partial charge in [0.25, 0.3) is 0 Å². The van der Waals surface area contributed by atoms with Crippen LogP contribution in [0, 0.1) is 5.82 Å². The summed E-state index contributed by atoms with van der Waals surface area (Å²) in [5.74, 6) is -0.0360. The van der Waals surface area contributed by atoms with E-state index < -0.39 is 0 Å². The maximum atomic E-state index is 13.7. The number of methoxy groups -OCH3 is 1. The Bertz CT molecular complexity index is 544. The summed E-state index contributed by atoms with van der Waals surface area (Å²) in [4.78, 5) is 16.0. The van der Waals surface area contributed by atoms with Gasteiger partial charge in [-0.15, -0.1) is 0 Å². The summed E-state index contributed by atoms with van der Waals surface area (Å²) in [5, 5.41) is 2.85. The molecule has 0 saturated carbocycles. The van der Waals surface area contributed by atoms with Gasteiger partial charge in [-0.05, 0) is 30.5 Å². The van der Waals surface area contributed by atoms with Gasteiger partial charge in [-0.2, -0.15) is 0 Å². The van der Waals surface area contributed by atoms with E-state index in [0.717, 1.165) is 51.1 Å². The van der Waals surface area contributed by atoms with Crippen LogP contribution in [0.15, 0.2) is 18.2 Å². The first-order valence-electron chi connectivity index (χ1n) is 7.76. The number of amides is 2. The molecule has 22 heavy (non-hydrogen) atoms. The van der Waals surface area contributed by atoms with E-state index in [2.05, 4.69) is 10.2 Å². The molecule has 0 aliphatic carbocycles. The van der Waals surface area contributed by atoms with E-state index in [0.29, 0.717) is 6.04 Å². The Morgan fingerprint density at radius 1 is 1.32 bits per heavy atom. The fraction of sp³-hybridized carbons (Fsp3) is 0.562. The zero-order valence-electron chi connectivity index (χ0n) is 12.8. The molecule has 0 radical (unpaired) electrons. The highest BCUT2D eigenvalue weighted by Crippen LogP contribution is 2.22. The molecule has 0 aromatic heterocycles. The average molecular weight is 307 g/mol. The lowest BCUT2D eigenvalue weighted by molar-refractivity contribution is 0.132. The third-order valence-corrected chi connectivity index (χ3v) is 4.51. The number of piperidine rings is 1. The van der Waals surface area contributed by atoms with Crippen LogP contribution in [0.2, 0.25) is 0 Å². The molecule has 2 amide bonds. The van der Waals surface area contributed by atoms with Crippen LogP contribution in [-0.4, -0.2) is 55.2 Å². The van der Waals surface area contributed by atoms with Gasteiger partial charge >= 0.3 is 6.03 Å². The molecule has 2 heterocycles. The highest BCUT2D eigenvalue weighted by Gasteiger charge is 2.30. The number of likely N-dealkylation sites (tertiary alicyclic amines) is 1. The molecule has 2 aliphatic heterocycles. The molecule has 0 unspecified atom stereocenters. The molecule has 0 bridgehead atoms. The van der Waals surface area contributed by atoms with Gasteiger partial charge in [0.15, 0.2) is 11.6 Å². The fourth-order valence-electron chi connectivity index (χ4n) is 3.29. The standard InChI is InChI=1S/C16H22FN3O2/c1-22-15-3-2-12(10-14(15)17)11-19-7-4-13(5-8-19)20-9-6-18-16(20)21/h2-3,10,13H,4-9,11H2,1H3,(H,18,21). The number of hydrogen-bond donors (Lipinski definition) is 1. The number of carbonyl (C=O) groups is 1. The van der Waals surface area contributed by atoms with Crippen LogP contribution in [0.3, 0.4) is 0 Å². The van der Waals surface area contributed by atoms with Crippen molar-refractivity contribution in [1.82, 2.24) is 15.1 Å². The first kappa shape index (κ1) is 15.1. The zero-order chi connectivity index (χ0) is 15.5. The zero-order valence-corrected chi connectivity index (χ0v) is 12.8. The highest BCUT2D eigenvalue weighted by molar-refractivity contribution is 5.76. The lowest BCUT2D eigenvalue weighted by Gasteiger charge is -2.36. The Morgan fingerprint density at radius 2 is 2.09 bits per heavy atom. The monoisotopic (exact) mass is 307 g/mol. The summed E-state index contributed by atoms with van der Waals surface area (Å²) in [7, 11) is 1.47. The largest absolute Gasteiger partial charge is 0.494 e. The highest BCUT2D eigenvalue weighted by atomic mass is 19.1. The number of benzene rings is 1. The number of urea groups is 1. The van der Waals surface area contributed by atoms with Crippen molar-refractivity contribution in [3.8, 4) is 5.75 Å². The molecule has 1 aromatic carbocycles. The Kier molecular flexibility index (Phi) is 4.47. The van der Waals surface area contributed by atoms with Gasteiger partial charge in [0, 0.05) is 38.8 Å². The van der Waals surface area contributed by atoms with E-state index in [1.165, 1.54) is 7.11 Å². The normalized spacial score (nSPS) is 20.3. The van der Waals surface area contributed by atoms with Crippen molar-refractivity contribution in [3.05, 3.63) is 29.6 Å². The minimum atomic E-state index is -0.316. The van der Waals surface area contributed by atoms with Gasteiger partial charge in [0.05, 0.1) is 7.11 Å². The number of hydrogen-bond acceptors (Lipinski definition) is 3. The summed E-state index contributed by atoms with van der Waals surface area (Å²) >= 11 is 0. The second kappa shape index (κ2) is 6.52. The van der Waals surface area contributed by atoms with Crippen molar-refractivity contribution in [1.29, 1.82) is 0 Å². The van der Waals surface area contributed by atoms with E-state index in [4.69, 9.17) is 4.74 Å². The SMILES string of the molecule is COc1ccc(CN2CCC(N3CCNC3=O)CC2)cc1F. The van der Waals surface area contributed by atoms with Crippen LogP contribution < -0.4 is 10.1 Å². The minimum absolute atomic E-state index is 0.0654. The van der Waals surface area contributed by atoms with Crippen molar-refractivity contribution < 1.29 is 13.9 Å². The molecular weight excluding hydrogens is 285 g/mol. The smallest absolute Gasteiger partial charge is 0.317 e. The predicted octanol–water partition coefficient (Wildman–Crippen LogP) is 1.82. The predicted molar refractivity (Wildman–Crippen MR) is 81.4 cm³/mol. The van der Waals surface area contributed by atoms with Crippen molar-refractivity contribution in [3.63, 3.8) is 0 Å². The number of halogens is 1. The Balaban J connectivity index is 1.53.